The molecule has 0 radical (unpaired) electrons. The Morgan fingerprint density at radius 2 is 2.20 bits per heavy atom. The summed E-state index contributed by atoms with van der Waals surface area (Å²) >= 11 is 0. The molecule has 1 unspecified atom stereocenters. The second-order valence-corrected chi connectivity index (χ2v) is 3.23. The van der Waals surface area contributed by atoms with Crippen LogP contribution in [0, 0.1) is 5.82 Å². The lowest BCUT2D eigenvalue weighted by Crippen LogP contribution is -2.10. The van der Waals surface area contributed by atoms with Crippen LogP contribution in [0.15, 0.2) is 18.2 Å². The number of ether oxygens (including phenoxy) is 2. The highest BCUT2D eigenvalue weighted by Gasteiger charge is 2.09. The van der Waals surface area contributed by atoms with E-state index in [1.165, 1.54) is 12.1 Å². The molecule has 1 rings (SSSR count). The molecule has 0 fully saturated rings. The molecule has 1 aromatic carbocycles. The minimum atomic E-state index is -0.342. The van der Waals surface area contributed by atoms with Gasteiger partial charge in [0.2, 0.25) is 0 Å². The summed E-state index contributed by atoms with van der Waals surface area (Å²) in [6.45, 7) is 4.35. The molecule has 4 heteroatoms. The molecule has 0 amide bonds. The number of hydrogen-bond acceptors (Lipinski definition) is 3. The van der Waals surface area contributed by atoms with E-state index in [2.05, 4.69) is 0 Å². The molecule has 0 aromatic heterocycles. The van der Waals surface area contributed by atoms with Gasteiger partial charge in [0.05, 0.1) is 0 Å². The van der Waals surface area contributed by atoms with Gasteiger partial charge in [-0.1, -0.05) is 6.07 Å². The molecule has 1 atom stereocenters. The molecule has 1 aromatic rings. The van der Waals surface area contributed by atoms with Gasteiger partial charge in [-0.15, -0.1) is 0 Å². The lowest BCUT2D eigenvalue weighted by atomic mass is 10.1. The summed E-state index contributed by atoms with van der Waals surface area (Å²) in [5.41, 5.74) is 6.50. The van der Waals surface area contributed by atoms with Gasteiger partial charge in [-0.2, -0.15) is 0 Å². The fraction of sp³-hybridized carbons (Fsp3) is 0.455. The van der Waals surface area contributed by atoms with Crippen molar-refractivity contribution in [1.29, 1.82) is 0 Å². The second-order valence-electron chi connectivity index (χ2n) is 3.23. The van der Waals surface area contributed by atoms with E-state index in [9.17, 15) is 4.39 Å². The Bertz CT molecular complexity index is 315. The van der Waals surface area contributed by atoms with E-state index in [1.54, 1.807) is 6.07 Å². The van der Waals surface area contributed by atoms with Crippen molar-refractivity contribution in [3.05, 3.63) is 29.6 Å². The number of halogens is 1. The van der Waals surface area contributed by atoms with Crippen LogP contribution in [-0.2, 0) is 4.74 Å². The first-order chi connectivity index (χ1) is 7.15. The molecule has 0 saturated carbocycles. The zero-order valence-corrected chi connectivity index (χ0v) is 9.00. The maximum atomic E-state index is 13.0. The average molecular weight is 213 g/mol. The summed E-state index contributed by atoms with van der Waals surface area (Å²) in [7, 11) is 0. The van der Waals surface area contributed by atoms with Crippen LogP contribution in [0.2, 0.25) is 0 Å². The van der Waals surface area contributed by atoms with Crippen molar-refractivity contribution in [3.63, 3.8) is 0 Å². The molecule has 0 heterocycles. The van der Waals surface area contributed by atoms with Crippen LogP contribution < -0.4 is 10.5 Å². The molecule has 15 heavy (non-hydrogen) atoms. The molecule has 0 bridgehead atoms. The molecule has 0 aliphatic heterocycles. The van der Waals surface area contributed by atoms with Crippen molar-refractivity contribution < 1.29 is 13.9 Å². The zero-order valence-electron chi connectivity index (χ0n) is 9.00. The molecular formula is C11H16FNO2. The van der Waals surface area contributed by atoms with Gasteiger partial charge in [-0.05, 0) is 19.9 Å². The maximum Gasteiger partial charge on any atom is 0.189 e. The Labute approximate surface area is 89.0 Å². The topological polar surface area (TPSA) is 44.5 Å². The van der Waals surface area contributed by atoms with E-state index in [4.69, 9.17) is 15.2 Å². The van der Waals surface area contributed by atoms with Crippen LogP contribution in [0.25, 0.3) is 0 Å². The summed E-state index contributed by atoms with van der Waals surface area (Å²) in [6.07, 6.45) is 0. The Morgan fingerprint density at radius 1 is 1.47 bits per heavy atom. The smallest absolute Gasteiger partial charge is 0.189 e. The number of hydrogen-bond donors (Lipinski definition) is 1. The SMILES string of the molecule is CCOCOc1cc(F)ccc1C(C)N. The van der Waals surface area contributed by atoms with Crippen LogP contribution in [0.3, 0.4) is 0 Å². The highest BCUT2D eigenvalue weighted by molar-refractivity contribution is 5.35. The molecule has 0 saturated heterocycles. The first kappa shape index (κ1) is 11.9. The van der Waals surface area contributed by atoms with E-state index < -0.39 is 0 Å². The van der Waals surface area contributed by atoms with Crippen LogP contribution in [0.5, 0.6) is 5.75 Å². The van der Waals surface area contributed by atoms with Crippen molar-refractivity contribution in [2.75, 3.05) is 13.4 Å². The van der Waals surface area contributed by atoms with Crippen LogP contribution in [-0.4, -0.2) is 13.4 Å². The number of nitrogens with two attached hydrogens (primary N) is 1. The van der Waals surface area contributed by atoms with Gasteiger partial charge in [0.25, 0.3) is 0 Å². The quantitative estimate of drug-likeness (QED) is 0.602. The highest BCUT2D eigenvalue weighted by Crippen LogP contribution is 2.24. The standard InChI is InChI=1S/C11H16FNO2/c1-3-14-7-15-11-6-9(12)4-5-10(11)8(2)13/h4-6,8H,3,7,13H2,1-2H3. The Balaban J connectivity index is 2.77. The Kier molecular flexibility index (Phi) is 4.52. The van der Waals surface area contributed by atoms with Crippen LogP contribution >= 0.6 is 0 Å². The maximum absolute atomic E-state index is 13.0. The summed E-state index contributed by atoms with van der Waals surface area (Å²) < 4.78 is 23.3. The minimum absolute atomic E-state index is 0.111. The average Bonchev–Trinajstić information content (AvgIpc) is 2.18. The van der Waals surface area contributed by atoms with Crippen molar-refractivity contribution in [3.8, 4) is 5.75 Å². The van der Waals surface area contributed by atoms with Gasteiger partial charge in [0.1, 0.15) is 11.6 Å². The predicted molar refractivity (Wildman–Crippen MR) is 56.1 cm³/mol. The molecular weight excluding hydrogens is 197 g/mol. The first-order valence-electron chi connectivity index (χ1n) is 4.90. The molecule has 0 spiro atoms. The Hall–Kier alpha value is -1.13. The zero-order chi connectivity index (χ0) is 11.3. The van der Waals surface area contributed by atoms with Gasteiger partial charge >= 0.3 is 0 Å². The Morgan fingerprint density at radius 3 is 2.80 bits per heavy atom. The van der Waals surface area contributed by atoms with E-state index in [0.29, 0.717) is 12.4 Å². The largest absolute Gasteiger partial charge is 0.467 e. The molecule has 0 aliphatic rings. The van der Waals surface area contributed by atoms with E-state index >= 15 is 0 Å². The van der Waals surface area contributed by atoms with Crippen molar-refractivity contribution in [1.82, 2.24) is 0 Å². The number of rotatable bonds is 5. The summed E-state index contributed by atoms with van der Waals surface area (Å²) in [5, 5.41) is 0. The van der Waals surface area contributed by atoms with Gasteiger partial charge in [-0.3, -0.25) is 0 Å². The van der Waals surface area contributed by atoms with Crippen molar-refractivity contribution in [2.45, 2.75) is 19.9 Å². The fourth-order valence-electron chi connectivity index (χ4n) is 1.20. The summed E-state index contributed by atoms with van der Waals surface area (Å²) in [5.74, 6) is 0.101. The van der Waals surface area contributed by atoms with E-state index in [0.717, 1.165) is 5.56 Å². The van der Waals surface area contributed by atoms with E-state index in [-0.39, 0.29) is 18.7 Å². The van der Waals surface area contributed by atoms with Gasteiger partial charge in [-0.25, -0.2) is 4.39 Å². The van der Waals surface area contributed by atoms with Crippen LogP contribution in [0.4, 0.5) is 4.39 Å². The molecule has 3 nitrogen and oxygen atoms in total. The lowest BCUT2D eigenvalue weighted by Gasteiger charge is -2.13. The summed E-state index contributed by atoms with van der Waals surface area (Å²) in [6, 6.07) is 4.12. The monoisotopic (exact) mass is 213 g/mol. The van der Waals surface area contributed by atoms with Gasteiger partial charge < -0.3 is 15.2 Å². The lowest BCUT2D eigenvalue weighted by molar-refractivity contribution is 0.0215. The van der Waals surface area contributed by atoms with Gasteiger partial charge in [0, 0.05) is 24.3 Å². The third kappa shape index (κ3) is 3.49. The van der Waals surface area contributed by atoms with E-state index in [1.807, 2.05) is 13.8 Å². The molecule has 84 valence electrons. The second kappa shape index (κ2) is 5.68. The third-order valence-electron chi connectivity index (χ3n) is 1.97. The number of benzene rings is 1. The highest BCUT2D eigenvalue weighted by atomic mass is 19.1. The predicted octanol–water partition coefficient (Wildman–Crippen LogP) is 2.22. The van der Waals surface area contributed by atoms with Crippen molar-refractivity contribution >= 4 is 0 Å². The van der Waals surface area contributed by atoms with Gasteiger partial charge in [0.15, 0.2) is 6.79 Å². The summed E-state index contributed by atoms with van der Waals surface area (Å²) in [4.78, 5) is 0. The molecule has 2 N–H and O–H groups in total. The fourth-order valence-corrected chi connectivity index (χ4v) is 1.20. The normalized spacial score (nSPS) is 12.5. The first-order valence-corrected chi connectivity index (χ1v) is 4.90. The van der Waals surface area contributed by atoms with Crippen molar-refractivity contribution in [2.24, 2.45) is 5.73 Å². The van der Waals surface area contributed by atoms with Crippen LogP contribution in [0.1, 0.15) is 25.5 Å². The minimum Gasteiger partial charge on any atom is -0.467 e. The molecule has 0 aliphatic carbocycles. The third-order valence-corrected chi connectivity index (χ3v) is 1.97.